The van der Waals surface area contributed by atoms with Gasteiger partial charge in [-0.25, -0.2) is 4.79 Å². The molecular weight excluding hydrogens is 256 g/mol. The van der Waals surface area contributed by atoms with Crippen LogP contribution < -0.4 is 5.56 Å². The molecule has 0 saturated heterocycles. The molecule has 0 aliphatic carbocycles. The largest absolute Gasteiger partial charge is 0.478 e. The third kappa shape index (κ3) is 1.49. The van der Waals surface area contributed by atoms with Gasteiger partial charge in [0.2, 0.25) is 0 Å². The quantitative estimate of drug-likeness (QED) is 0.776. The van der Waals surface area contributed by atoms with Gasteiger partial charge in [-0.1, -0.05) is 18.2 Å². The maximum atomic E-state index is 12.5. The van der Waals surface area contributed by atoms with Crippen LogP contribution in [-0.4, -0.2) is 20.2 Å². The van der Waals surface area contributed by atoms with Crippen LogP contribution in [0, 0.1) is 0 Å². The summed E-state index contributed by atoms with van der Waals surface area (Å²) in [4.78, 5) is 24.0. The third-order valence-corrected chi connectivity index (χ3v) is 3.70. The minimum atomic E-state index is -1.02. The fourth-order valence-corrected chi connectivity index (χ4v) is 2.73. The predicted octanol–water partition coefficient (Wildman–Crippen LogP) is 2.21. The van der Waals surface area contributed by atoms with Gasteiger partial charge >= 0.3 is 5.97 Å². The highest BCUT2D eigenvalue weighted by Gasteiger charge is 2.19. The molecule has 2 aromatic heterocycles. The lowest BCUT2D eigenvalue weighted by Crippen LogP contribution is -2.22. The lowest BCUT2D eigenvalue weighted by Gasteiger charge is -2.06. The van der Waals surface area contributed by atoms with E-state index in [-0.39, 0.29) is 11.1 Å². The van der Waals surface area contributed by atoms with Gasteiger partial charge in [0.25, 0.3) is 5.56 Å². The molecule has 0 spiro atoms. The van der Waals surface area contributed by atoms with Crippen LogP contribution in [0.25, 0.3) is 21.8 Å². The number of hydrogen-bond acceptors (Lipinski definition) is 2. The maximum absolute atomic E-state index is 12.5. The fraction of sp³-hybridized carbons (Fsp3) is 0.200. The molecular formula is C15H14N2O3. The van der Waals surface area contributed by atoms with Crippen molar-refractivity contribution in [1.29, 1.82) is 0 Å². The Hall–Kier alpha value is -2.56. The van der Waals surface area contributed by atoms with Crippen LogP contribution in [0.1, 0.15) is 17.3 Å². The number of aromatic nitrogens is 2. The zero-order valence-electron chi connectivity index (χ0n) is 11.3. The highest BCUT2D eigenvalue weighted by Crippen LogP contribution is 2.28. The molecule has 1 N–H and O–H groups in total. The monoisotopic (exact) mass is 270 g/mol. The molecule has 2 heterocycles. The molecule has 0 unspecified atom stereocenters. The summed E-state index contributed by atoms with van der Waals surface area (Å²) in [7, 11) is 1.79. The second-order valence-corrected chi connectivity index (χ2v) is 4.74. The lowest BCUT2D eigenvalue weighted by molar-refractivity contribution is 0.0698. The zero-order chi connectivity index (χ0) is 14.4. The van der Waals surface area contributed by atoms with Crippen molar-refractivity contribution in [1.82, 2.24) is 9.13 Å². The van der Waals surface area contributed by atoms with Gasteiger partial charge in [-0.2, -0.15) is 0 Å². The van der Waals surface area contributed by atoms with E-state index in [1.54, 1.807) is 11.6 Å². The SMILES string of the molecule is CCn1cc(C(=O)O)c2c3ccccc3n(C)c2c1=O. The van der Waals surface area contributed by atoms with Crippen LogP contribution in [0.4, 0.5) is 0 Å². The van der Waals surface area contributed by atoms with E-state index >= 15 is 0 Å². The number of hydrogen-bond donors (Lipinski definition) is 1. The molecule has 0 saturated carbocycles. The Morgan fingerprint density at radius 3 is 2.65 bits per heavy atom. The van der Waals surface area contributed by atoms with Gasteiger partial charge in [0.05, 0.1) is 5.56 Å². The molecule has 1 aromatic carbocycles. The van der Waals surface area contributed by atoms with Crippen LogP contribution >= 0.6 is 0 Å². The van der Waals surface area contributed by atoms with Gasteiger partial charge in [0.15, 0.2) is 0 Å². The summed E-state index contributed by atoms with van der Waals surface area (Å²) >= 11 is 0. The topological polar surface area (TPSA) is 64.2 Å². The van der Waals surface area contributed by atoms with Crippen molar-refractivity contribution in [3.63, 3.8) is 0 Å². The number of para-hydroxylation sites is 1. The first-order valence-corrected chi connectivity index (χ1v) is 6.40. The molecule has 0 aliphatic heterocycles. The summed E-state index contributed by atoms with van der Waals surface area (Å²) in [5, 5.41) is 10.8. The molecule has 0 bridgehead atoms. The van der Waals surface area contributed by atoms with Crippen molar-refractivity contribution < 1.29 is 9.90 Å². The van der Waals surface area contributed by atoms with E-state index in [0.717, 1.165) is 10.9 Å². The van der Waals surface area contributed by atoms with Gasteiger partial charge < -0.3 is 14.2 Å². The Labute approximate surface area is 114 Å². The van der Waals surface area contributed by atoms with Gasteiger partial charge in [-0.05, 0) is 13.0 Å². The van der Waals surface area contributed by atoms with E-state index in [4.69, 9.17) is 0 Å². The smallest absolute Gasteiger partial charge is 0.337 e. The lowest BCUT2D eigenvalue weighted by atomic mass is 10.1. The van der Waals surface area contributed by atoms with E-state index in [1.807, 2.05) is 31.2 Å². The van der Waals surface area contributed by atoms with E-state index < -0.39 is 5.97 Å². The van der Waals surface area contributed by atoms with E-state index in [9.17, 15) is 14.7 Å². The Bertz CT molecular complexity index is 903. The highest BCUT2D eigenvalue weighted by atomic mass is 16.4. The van der Waals surface area contributed by atoms with Crippen molar-refractivity contribution in [3.05, 3.63) is 46.4 Å². The van der Waals surface area contributed by atoms with Crippen molar-refractivity contribution in [2.45, 2.75) is 13.5 Å². The normalized spacial score (nSPS) is 11.3. The first-order chi connectivity index (χ1) is 9.56. The van der Waals surface area contributed by atoms with Crippen LogP contribution in [-0.2, 0) is 13.6 Å². The van der Waals surface area contributed by atoms with Crippen LogP contribution in [0.15, 0.2) is 35.3 Å². The van der Waals surface area contributed by atoms with Crippen molar-refractivity contribution in [3.8, 4) is 0 Å². The number of aryl methyl sites for hydroxylation is 2. The van der Waals surface area contributed by atoms with Crippen LogP contribution in [0.5, 0.6) is 0 Å². The number of carboxylic acids is 1. The predicted molar refractivity (Wildman–Crippen MR) is 77.3 cm³/mol. The maximum Gasteiger partial charge on any atom is 0.337 e. The number of aromatic carboxylic acids is 1. The first kappa shape index (κ1) is 12.5. The molecule has 3 rings (SSSR count). The van der Waals surface area contributed by atoms with Gasteiger partial charge in [0.1, 0.15) is 5.52 Å². The number of nitrogens with zero attached hydrogens (tertiary/aromatic N) is 2. The average molecular weight is 270 g/mol. The second-order valence-electron chi connectivity index (χ2n) is 4.74. The van der Waals surface area contributed by atoms with Gasteiger partial charge in [-0.15, -0.1) is 0 Å². The Balaban J connectivity index is 2.69. The number of rotatable bonds is 2. The number of pyridine rings is 1. The molecule has 3 aromatic rings. The fourth-order valence-electron chi connectivity index (χ4n) is 2.73. The van der Waals surface area contributed by atoms with E-state index in [0.29, 0.717) is 17.4 Å². The summed E-state index contributed by atoms with van der Waals surface area (Å²) in [5.41, 5.74) is 1.30. The average Bonchev–Trinajstić information content (AvgIpc) is 2.74. The number of carboxylic acid groups (broad SMARTS) is 1. The summed E-state index contributed by atoms with van der Waals surface area (Å²) in [5.74, 6) is -1.02. The van der Waals surface area contributed by atoms with Crippen LogP contribution in [0.2, 0.25) is 0 Å². The summed E-state index contributed by atoms with van der Waals surface area (Å²) in [6.45, 7) is 2.26. The highest BCUT2D eigenvalue weighted by molar-refractivity contribution is 6.16. The van der Waals surface area contributed by atoms with Crippen molar-refractivity contribution in [2.24, 2.45) is 7.05 Å². The Kier molecular flexibility index (Phi) is 2.64. The molecule has 102 valence electrons. The van der Waals surface area contributed by atoms with E-state index in [1.165, 1.54) is 10.8 Å². The standard InChI is InChI=1S/C15H14N2O3/c1-3-17-8-10(15(19)20)12-9-6-4-5-7-11(9)16(2)13(12)14(17)18/h4-8H,3H2,1-2H3,(H,19,20). The van der Waals surface area contributed by atoms with Crippen LogP contribution in [0.3, 0.4) is 0 Å². The summed E-state index contributed by atoms with van der Waals surface area (Å²) in [6, 6.07) is 7.45. The Morgan fingerprint density at radius 2 is 2.00 bits per heavy atom. The third-order valence-electron chi connectivity index (χ3n) is 3.70. The molecule has 0 aliphatic rings. The minimum absolute atomic E-state index is 0.161. The number of carbonyl (C=O) groups is 1. The molecule has 0 atom stereocenters. The van der Waals surface area contributed by atoms with Gasteiger partial charge in [0, 0.05) is 36.1 Å². The molecule has 5 nitrogen and oxygen atoms in total. The number of fused-ring (bicyclic) bond motifs is 3. The van der Waals surface area contributed by atoms with Gasteiger partial charge in [-0.3, -0.25) is 4.79 Å². The summed E-state index contributed by atoms with van der Waals surface area (Å²) < 4.78 is 3.20. The molecule has 0 radical (unpaired) electrons. The number of benzene rings is 1. The molecule has 5 heteroatoms. The molecule has 0 amide bonds. The summed E-state index contributed by atoms with van der Waals surface area (Å²) in [6.07, 6.45) is 1.43. The first-order valence-electron chi connectivity index (χ1n) is 6.40. The van der Waals surface area contributed by atoms with Crippen molar-refractivity contribution >= 4 is 27.8 Å². The van der Waals surface area contributed by atoms with E-state index in [2.05, 4.69) is 0 Å². The molecule has 20 heavy (non-hydrogen) atoms. The minimum Gasteiger partial charge on any atom is -0.478 e. The Morgan fingerprint density at radius 1 is 1.30 bits per heavy atom. The second kappa shape index (κ2) is 4.23. The zero-order valence-corrected chi connectivity index (χ0v) is 11.3. The molecule has 0 fully saturated rings. The van der Waals surface area contributed by atoms with Crippen molar-refractivity contribution in [2.75, 3.05) is 0 Å².